The number of esters is 1. The van der Waals surface area contributed by atoms with Crippen molar-refractivity contribution in [3.05, 3.63) is 94.8 Å². The largest absolute Gasteiger partial charge is 0.452 e. The lowest BCUT2D eigenvalue weighted by Gasteiger charge is -2.14. The van der Waals surface area contributed by atoms with Gasteiger partial charge in [0.2, 0.25) is 0 Å². The third-order valence-corrected chi connectivity index (χ3v) is 5.42. The maximum Gasteiger partial charge on any atom is 0.339 e. The SMILES string of the molecule is O=C1OC(Cn2c(-c3cccc(-c4ccccc4)c3)n[nH]c2=S)c2ccccc21. The van der Waals surface area contributed by atoms with Crippen molar-refractivity contribution in [2.45, 2.75) is 12.6 Å². The number of cyclic esters (lactones) is 1. The summed E-state index contributed by atoms with van der Waals surface area (Å²) in [6, 6.07) is 25.8. The molecule has 5 nitrogen and oxygen atoms in total. The van der Waals surface area contributed by atoms with Gasteiger partial charge in [-0.3, -0.25) is 9.67 Å². The smallest absolute Gasteiger partial charge is 0.339 e. The topological polar surface area (TPSA) is 59.9 Å². The van der Waals surface area contributed by atoms with E-state index in [1.54, 1.807) is 6.07 Å². The van der Waals surface area contributed by atoms with E-state index in [0.29, 0.717) is 22.7 Å². The summed E-state index contributed by atoms with van der Waals surface area (Å²) < 4.78 is 7.98. The second kappa shape index (κ2) is 7.14. The molecule has 0 spiro atoms. The van der Waals surface area contributed by atoms with E-state index in [1.165, 1.54) is 0 Å². The molecule has 0 radical (unpaired) electrons. The van der Waals surface area contributed by atoms with Crippen LogP contribution in [0.4, 0.5) is 0 Å². The molecule has 0 saturated heterocycles. The van der Waals surface area contributed by atoms with Crippen molar-refractivity contribution in [1.29, 1.82) is 0 Å². The van der Waals surface area contributed by atoms with E-state index in [4.69, 9.17) is 17.0 Å². The van der Waals surface area contributed by atoms with Crippen LogP contribution in [0.1, 0.15) is 22.0 Å². The van der Waals surface area contributed by atoms with E-state index >= 15 is 0 Å². The van der Waals surface area contributed by atoms with Gasteiger partial charge in [-0.05, 0) is 35.5 Å². The Balaban J connectivity index is 1.52. The highest BCUT2D eigenvalue weighted by Crippen LogP contribution is 2.33. The Morgan fingerprint density at radius 3 is 2.52 bits per heavy atom. The van der Waals surface area contributed by atoms with Gasteiger partial charge in [0, 0.05) is 11.1 Å². The van der Waals surface area contributed by atoms with Crippen LogP contribution in [0.2, 0.25) is 0 Å². The van der Waals surface area contributed by atoms with Crippen molar-refractivity contribution in [3.63, 3.8) is 0 Å². The molecule has 1 aliphatic heterocycles. The zero-order valence-electron chi connectivity index (χ0n) is 15.4. The molecule has 3 aromatic carbocycles. The quantitative estimate of drug-likeness (QED) is 0.379. The van der Waals surface area contributed by atoms with Crippen molar-refractivity contribution in [3.8, 4) is 22.5 Å². The molecule has 4 aromatic rings. The predicted molar refractivity (Wildman–Crippen MR) is 113 cm³/mol. The first-order chi connectivity index (χ1) is 14.2. The van der Waals surface area contributed by atoms with Crippen LogP contribution in [0.25, 0.3) is 22.5 Å². The van der Waals surface area contributed by atoms with Crippen LogP contribution >= 0.6 is 12.2 Å². The molecule has 1 atom stereocenters. The number of rotatable bonds is 4. The summed E-state index contributed by atoms with van der Waals surface area (Å²) in [4.78, 5) is 12.2. The first-order valence-electron chi connectivity index (χ1n) is 9.32. The second-order valence-electron chi connectivity index (χ2n) is 6.89. The minimum Gasteiger partial charge on any atom is -0.452 e. The Morgan fingerprint density at radius 2 is 1.66 bits per heavy atom. The first-order valence-corrected chi connectivity index (χ1v) is 9.72. The molecule has 1 N–H and O–H groups in total. The van der Waals surface area contributed by atoms with E-state index < -0.39 is 0 Å². The Labute approximate surface area is 172 Å². The number of fused-ring (bicyclic) bond motifs is 1. The number of carbonyl (C=O) groups excluding carboxylic acids is 1. The van der Waals surface area contributed by atoms with Crippen LogP contribution in [-0.4, -0.2) is 20.7 Å². The molecule has 0 amide bonds. The Bertz CT molecular complexity index is 1260. The summed E-state index contributed by atoms with van der Waals surface area (Å²) in [5.74, 6) is 0.418. The van der Waals surface area contributed by atoms with Gasteiger partial charge < -0.3 is 4.74 Å². The van der Waals surface area contributed by atoms with E-state index in [0.717, 1.165) is 22.3 Å². The van der Waals surface area contributed by atoms with Gasteiger partial charge >= 0.3 is 5.97 Å². The third-order valence-electron chi connectivity index (χ3n) is 5.11. The number of carbonyl (C=O) groups is 1. The first kappa shape index (κ1) is 17.6. The number of ether oxygens (including phenoxy) is 1. The van der Waals surface area contributed by atoms with E-state index in [2.05, 4.69) is 34.5 Å². The minimum absolute atomic E-state index is 0.298. The van der Waals surface area contributed by atoms with Crippen LogP contribution in [0.3, 0.4) is 0 Å². The number of nitrogens with one attached hydrogen (secondary N) is 1. The summed E-state index contributed by atoms with van der Waals surface area (Å²) in [5, 5.41) is 7.32. The maximum absolute atomic E-state index is 12.2. The molecule has 1 aliphatic rings. The van der Waals surface area contributed by atoms with Crippen molar-refractivity contribution in [1.82, 2.24) is 14.8 Å². The van der Waals surface area contributed by atoms with Gasteiger partial charge in [0.25, 0.3) is 0 Å². The van der Waals surface area contributed by atoms with Gasteiger partial charge in [0.05, 0.1) is 12.1 Å². The molecule has 29 heavy (non-hydrogen) atoms. The standard InChI is InChI=1S/C23H17N3O2S/c27-22-19-12-5-4-11-18(19)20(28-22)14-26-21(24-25-23(26)29)17-10-6-9-16(13-17)15-7-2-1-3-8-15/h1-13,20H,14H2,(H,25,29). The molecular formula is C23H17N3O2S. The molecular weight excluding hydrogens is 382 g/mol. The highest BCUT2D eigenvalue weighted by atomic mass is 32.1. The van der Waals surface area contributed by atoms with Crippen molar-refractivity contribution < 1.29 is 9.53 Å². The van der Waals surface area contributed by atoms with E-state index in [1.807, 2.05) is 53.1 Å². The fraction of sp³-hybridized carbons (Fsp3) is 0.0870. The predicted octanol–water partition coefficient (Wildman–Crippen LogP) is 5.19. The summed E-state index contributed by atoms with van der Waals surface area (Å²) in [5.41, 5.74) is 4.66. The number of aromatic nitrogens is 3. The summed E-state index contributed by atoms with van der Waals surface area (Å²) in [7, 11) is 0. The van der Waals surface area contributed by atoms with Crippen molar-refractivity contribution in [2.24, 2.45) is 0 Å². The molecule has 0 aliphatic carbocycles. The molecule has 0 saturated carbocycles. The monoisotopic (exact) mass is 399 g/mol. The molecule has 142 valence electrons. The number of benzene rings is 3. The number of hydrogen-bond acceptors (Lipinski definition) is 4. The number of hydrogen-bond donors (Lipinski definition) is 1. The lowest BCUT2D eigenvalue weighted by molar-refractivity contribution is 0.0350. The molecule has 5 rings (SSSR count). The van der Waals surface area contributed by atoms with Crippen LogP contribution in [0.5, 0.6) is 0 Å². The molecule has 0 bridgehead atoms. The van der Waals surface area contributed by atoms with Gasteiger partial charge in [-0.15, -0.1) is 0 Å². The fourth-order valence-corrected chi connectivity index (χ4v) is 3.90. The van der Waals surface area contributed by atoms with Gasteiger partial charge in [-0.25, -0.2) is 4.79 Å². The Morgan fingerprint density at radius 1 is 0.931 bits per heavy atom. The molecule has 1 aromatic heterocycles. The van der Waals surface area contributed by atoms with Crippen LogP contribution in [-0.2, 0) is 11.3 Å². The van der Waals surface area contributed by atoms with Crippen LogP contribution in [0, 0.1) is 4.77 Å². The highest BCUT2D eigenvalue weighted by molar-refractivity contribution is 7.71. The lowest BCUT2D eigenvalue weighted by atomic mass is 10.0. The zero-order chi connectivity index (χ0) is 19.8. The number of H-pyrrole nitrogens is 1. The van der Waals surface area contributed by atoms with Crippen LogP contribution in [0.15, 0.2) is 78.9 Å². The van der Waals surface area contributed by atoms with Gasteiger partial charge in [0.1, 0.15) is 6.10 Å². The molecule has 2 heterocycles. The molecule has 0 fully saturated rings. The Kier molecular flexibility index (Phi) is 4.33. The number of aromatic amines is 1. The minimum atomic E-state index is -0.390. The van der Waals surface area contributed by atoms with Crippen molar-refractivity contribution >= 4 is 18.2 Å². The highest BCUT2D eigenvalue weighted by Gasteiger charge is 2.31. The number of nitrogens with zero attached hydrogens (tertiary/aromatic N) is 2. The van der Waals surface area contributed by atoms with E-state index in [9.17, 15) is 4.79 Å². The van der Waals surface area contributed by atoms with Crippen molar-refractivity contribution in [2.75, 3.05) is 0 Å². The summed E-state index contributed by atoms with van der Waals surface area (Å²) in [6.07, 6.45) is -0.390. The summed E-state index contributed by atoms with van der Waals surface area (Å²) >= 11 is 5.47. The molecule has 1 unspecified atom stereocenters. The fourth-order valence-electron chi connectivity index (χ4n) is 3.70. The normalized spacial score (nSPS) is 15.2. The summed E-state index contributed by atoms with van der Waals surface area (Å²) in [6.45, 7) is 0.406. The molecule has 6 heteroatoms. The Hall–Kier alpha value is -3.51. The van der Waals surface area contributed by atoms with Gasteiger partial charge in [-0.2, -0.15) is 5.10 Å². The average molecular weight is 399 g/mol. The zero-order valence-corrected chi connectivity index (χ0v) is 16.2. The third kappa shape index (κ3) is 3.17. The van der Waals surface area contributed by atoms with Crippen LogP contribution < -0.4 is 0 Å². The van der Waals surface area contributed by atoms with Gasteiger partial charge in [-0.1, -0.05) is 66.7 Å². The average Bonchev–Trinajstić information content (AvgIpc) is 3.29. The maximum atomic E-state index is 12.2. The van der Waals surface area contributed by atoms with Gasteiger partial charge in [0.15, 0.2) is 10.6 Å². The lowest BCUT2D eigenvalue weighted by Crippen LogP contribution is -2.10. The van der Waals surface area contributed by atoms with E-state index in [-0.39, 0.29) is 12.1 Å². The second-order valence-corrected chi connectivity index (χ2v) is 7.28.